The molecule has 1 aromatic heterocycles. The van der Waals surface area contributed by atoms with Crippen LogP contribution in [-0.4, -0.2) is 27.8 Å². The molecule has 1 amide bonds. The minimum absolute atomic E-state index is 0.0869. The molecule has 3 rings (SSSR count). The Morgan fingerprint density at radius 1 is 1.31 bits per heavy atom. The summed E-state index contributed by atoms with van der Waals surface area (Å²) in [5, 5.41) is 10.2. The van der Waals surface area contributed by atoms with Crippen LogP contribution in [-0.2, 0) is 17.8 Å². The Bertz CT molecular complexity index is 969. The number of ether oxygens (including phenoxy) is 1. The highest BCUT2D eigenvalue weighted by atomic mass is 35.5. The first-order valence-corrected chi connectivity index (χ1v) is 8.67. The number of carbonyl (C=O) groups is 1. The van der Waals surface area contributed by atoms with E-state index in [1.807, 2.05) is 34.9 Å². The number of hydrogen-bond donors (Lipinski definition) is 2. The third-order valence-electron chi connectivity index (χ3n) is 3.78. The molecular weight excluding hydrogens is 372 g/mol. The molecule has 0 unspecified atom stereocenters. The Kier molecular flexibility index (Phi) is 5.70. The summed E-state index contributed by atoms with van der Waals surface area (Å²) in [7, 11) is 1.54. The monoisotopic (exact) mass is 388 g/mol. The fourth-order valence-corrected chi connectivity index (χ4v) is 2.98. The van der Waals surface area contributed by atoms with Crippen molar-refractivity contribution >= 4 is 35.4 Å². The van der Waals surface area contributed by atoms with Crippen molar-refractivity contribution in [3.8, 4) is 5.75 Å². The Morgan fingerprint density at radius 3 is 2.77 bits per heavy atom. The van der Waals surface area contributed by atoms with E-state index in [-0.39, 0.29) is 12.3 Å². The van der Waals surface area contributed by atoms with E-state index in [0.717, 1.165) is 5.56 Å². The minimum atomic E-state index is -0.213. The van der Waals surface area contributed by atoms with Gasteiger partial charge in [-0.2, -0.15) is 5.10 Å². The number of halogens is 1. The first-order valence-electron chi connectivity index (χ1n) is 7.88. The van der Waals surface area contributed by atoms with Gasteiger partial charge in [-0.1, -0.05) is 41.9 Å². The van der Waals surface area contributed by atoms with Gasteiger partial charge in [0.2, 0.25) is 5.91 Å². The van der Waals surface area contributed by atoms with Crippen molar-refractivity contribution in [3.63, 3.8) is 0 Å². The van der Waals surface area contributed by atoms with Crippen molar-refractivity contribution in [3.05, 3.63) is 69.7 Å². The zero-order valence-corrected chi connectivity index (χ0v) is 15.6. The third-order valence-corrected chi connectivity index (χ3v) is 4.38. The highest BCUT2D eigenvalue weighted by molar-refractivity contribution is 7.71. The second kappa shape index (κ2) is 8.16. The van der Waals surface area contributed by atoms with Crippen molar-refractivity contribution in [1.29, 1.82) is 0 Å². The summed E-state index contributed by atoms with van der Waals surface area (Å²) in [6.07, 6.45) is 0.0869. The fourth-order valence-electron chi connectivity index (χ4n) is 2.51. The summed E-state index contributed by atoms with van der Waals surface area (Å²) in [5.74, 6) is 0.902. The number of aromatic nitrogens is 3. The van der Waals surface area contributed by atoms with E-state index in [1.165, 1.54) is 7.11 Å². The molecule has 3 aromatic rings. The van der Waals surface area contributed by atoms with Crippen LogP contribution in [0.3, 0.4) is 0 Å². The van der Waals surface area contributed by atoms with E-state index in [2.05, 4.69) is 15.5 Å². The molecule has 2 N–H and O–H groups in total. The number of anilines is 1. The Morgan fingerprint density at radius 2 is 2.08 bits per heavy atom. The molecule has 0 atom stereocenters. The summed E-state index contributed by atoms with van der Waals surface area (Å²) in [6, 6.07) is 14.9. The molecule has 0 saturated carbocycles. The first-order chi connectivity index (χ1) is 12.6. The second-order valence-corrected chi connectivity index (χ2v) is 6.38. The van der Waals surface area contributed by atoms with Crippen LogP contribution >= 0.6 is 23.8 Å². The average Bonchev–Trinajstić information content (AvgIpc) is 2.96. The van der Waals surface area contributed by atoms with Crippen molar-refractivity contribution in [2.24, 2.45) is 0 Å². The van der Waals surface area contributed by atoms with Crippen molar-refractivity contribution in [1.82, 2.24) is 14.8 Å². The molecule has 6 nitrogen and oxygen atoms in total. The van der Waals surface area contributed by atoms with E-state index < -0.39 is 0 Å². The summed E-state index contributed by atoms with van der Waals surface area (Å²) in [5.41, 5.74) is 1.66. The van der Waals surface area contributed by atoms with Gasteiger partial charge in [0.05, 0.1) is 25.1 Å². The van der Waals surface area contributed by atoms with E-state index in [4.69, 9.17) is 28.6 Å². The van der Waals surface area contributed by atoms with Crippen LogP contribution in [0.25, 0.3) is 0 Å². The van der Waals surface area contributed by atoms with Crippen LogP contribution < -0.4 is 10.1 Å². The van der Waals surface area contributed by atoms with Crippen LogP contribution in [0.2, 0.25) is 5.02 Å². The smallest absolute Gasteiger partial charge is 0.232 e. The summed E-state index contributed by atoms with van der Waals surface area (Å²) >= 11 is 11.4. The van der Waals surface area contributed by atoms with Gasteiger partial charge in [-0.3, -0.25) is 14.5 Å². The first kappa shape index (κ1) is 18.2. The molecular formula is C18H17ClN4O2S. The number of nitrogens with one attached hydrogen (secondary N) is 2. The van der Waals surface area contributed by atoms with Gasteiger partial charge >= 0.3 is 0 Å². The molecule has 0 bridgehead atoms. The quantitative estimate of drug-likeness (QED) is 0.629. The molecule has 0 aliphatic carbocycles. The lowest BCUT2D eigenvalue weighted by Gasteiger charge is -2.09. The van der Waals surface area contributed by atoms with E-state index >= 15 is 0 Å². The minimum Gasteiger partial charge on any atom is -0.495 e. The third kappa shape index (κ3) is 4.30. The van der Waals surface area contributed by atoms with Crippen molar-refractivity contribution in [2.75, 3.05) is 12.4 Å². The molecule has 26 heavy (non-hydrogen) atoms. The fraction of sp³-hybridized carbons (Fsp3) is 0.167. The summed E-state index contributed by atoms with van der Waals surface area (Å²) in [6.45, 7) is 0.549. The van der Waals surface area contributed by atoms with Gasteiger partial charge < -0.3 is 10.1 Å². The number of aromatic amines is 1. The predicted molar refractivity (Wildman–Crippen MR) is 103 cm³/mol. The summed E-state index contributed by atoms with van der Waals surface area (Å²) in [4.78, 5) is 12.4. The molecule has 0 radical (unpaired) electrons. The maximum atomic E-state index is 12.4. The average molecular weight is 389 g/mol. The van der Waals surface area contributed by atoms with Crippen molar-refractivity contribution < 1.29 is 9.53 Å². The number of benzene rings is 2. The standard InChI is InChI=1S/C18H17ClN4O2S/c1-25-15-8-7-13(9-14(15)19)20-17(24)10-16-21-22-18(26)23(16)11-12-5-3-2-4-6-12/h2-9H,10-11H2,1H3,(H,20,24)(H,22,26). The molecule has 0 fully saturated rings. The molecule has 0 spiro atoms. The van der Waals surface area contributed by atoms with Crippen LogP contribution in [0.5, 0.6) is 5.75 Å². The maximum Gasteiger partial charge on any atom is 0.232 e. The molecule has 134 valence electrons. The van der Waals surface area contributed by atoms with Gasteiger partial charge in [-0.15, -0.1) is 0 Å². The van der Waals surface area contributed by atoms with Gasteiger partial charge in [0, 0.05) is 5.69 Å². The Balaban J connectivity index is 1.72. The molecule has 0 aliphatic heterocycles. The molecule has 8 heteroatoms. The number of methoxy groups -OCH3 is 1. The van der Waals surface area contributed by atoms with Gasteiger partial charge in [0.1, 0.15) is 11.6 Å². The lowest BCUT2D eigenvalue weighted by atomic mass is 10.2. The lowest BCUT2D eigenvalue weighted by molar-refractivity contribution is -0.115. The Hall–Kier alpha value is -2.64. The van der Waals surface area contributed by atoms with E-state index in [9.17, 15) is 4.79 Å². The van der Waals surface area contributed by atoms with Crippen LogP contribution in [0, 0.1) is 4.77 Å². The van der Waals surface area contributed by atoms with Gasteiger partial charge in [-0.05, 0) is 36.0 Å². The largest absolute Gasteiger partial charge is 0.495 e. The van der Waals surface area contributed by atoms with Gasteiger partial charge in [-0.25, -0.2) is 0 Å². The van der Waals surface area contributed by atoms with Crippen LogP contribution in [0.1, 0.15) is 11.4 Å². The molecule has 0 aliphatic rings. The van der Waals surface area contributed by atoms with Crippen LogP contribution in [0.15, 0.2) is 48.5 Å². The van der Waals surface area contributed by atoms with E-state index in [0.29, 0.717) is 33.6 Å². The second-order valence-electron chi connectivity index (χ2n) is 5.59. The van der Waals surface area contributed by atoms with E-state index in [1.54, 1.807) is 18.2 Å². The number of H-pyrrole nitrogens is 1. The predicted octanol–water partition coefficient (Wildman–Crippen LogP) is 3.83. The summed E-state index contributed by atoms with van der Waals surface area (Å²) < 4.78 is 7.39. The van der Waals surface area contributed by atoms with Gasteiger partial charge in [0.15, 0.2) is 4.77 Å². The zero-order valence-electron chi connectivity index (χ0n) is 14.0. The maximum absolute atomic E-state index is 12.4. The highest BCUT2D eigenvalue weighted by Crippen LogP contribution is 2.27. The number of nitrogens with zero attached hydrogens (tertiary/aromatic N) is 2. The molecule has 1 heterocycles. The number of carbonyl (C=O) groups excluding carboxylic acids is 1. The normalized spacial score (nSPS) is 10.5. The highest BCUT2D eigenvalue weighted by Gasteiger charge is 2.13. The van der Waals surface area contributed by atoms with Crippen LogP contribution in [0.4, 0.5) is 5.69 Å². The van der Waals surface area contributed by atoms with Gasteiger partial charge in [0.25, 0.3) is 0 Å². The lowest BCUT2D eigenvalue weighted by Crippen LogP contribution is -2.18. The Labute approximate surface area is 160 Å². The number of rotatable bonds is 6. The topological polar surface area (TPSA) is 71.9 Å². The SMILES string of the molecule is COc1ccc(NC(=O)Cc2n[nH]c(=S)n2Cc2ccccc2)cc1Cl. The number of amides is 1. The molecule has 0 saturated heterocycles. The molecule has 2 aromatic carbocycles. The zero-order chi connectivity index (χ0) is 18.5. The number of hydrogen-bond acceptors (Lipinski definition) is 4. The van der Waals surface area contributed by atoms with Crippen molar-refractivity contribution in [2.45, 2.75) is 13.0 Å².